The van der Waals surface area contributed by atoms with E-state index in [9.17, 15) is 9.90 Å². The number of H-pyrrole nitrogens is 1. The second-order valence-corrected chi connectivity index (χ2v) is 5.84. The summed E-state index contributed by atoms with van der Waals surface area (Å²) in [6, 6.07) is 0. The van der Waals surface area contributed by atoms with Crippen molar-refractivity contribution in [2.24, 2.45) is 11.8 Å². The zero-order chi connectivity index (χ0) is 13.0. The highest BCUT2D eigenvalue weighted by Gasteiger charge is 2.24. The van der Waals surface area contributed by atoms with E-state index < -0.39 is 0 Å². The Kier molecular flexibility index (Phi) is 4.99. The molecular formula is C12H18IN3O2. The molecule has 1 heterocycles. The average molecular weight is 363 g/mol. The van der Waals surface area contributed by atoms with E-state index in [0.717, 1.165) is 19.4 Å². The number of aliphatic hydroxyl groups is 1. The van der Waals surface area contributed by atoms with E-state index in [1.54, 1.807) is 0 Å². The van der Waals surface area contributed by atoms with Crippen LogP contribution in [0, 0.1) is 15.4 Å². The molecule has 1 fully saturated rings. The Morgan fingerprint density at radius 2 is 2.17 bits per heavy atom. The fourth-order valence-electron chi connectivity index (χ4n) is 2.53. The van der Waals surface area contributed by atoms with Crippen molar-refractivity contribution in [1.29, 1.82) is 0 Å². The van der Waals surface area contributed by atoms with Gasteiger partial charge in [-0.1, -0.05) is 12.8 Å². The van der Waals surface area contributed by atoms with Gasteiger partial charge in [-0.15, -0.1) is 0 Å². The predicted molar refractivity (Wildman–Crippen MR) is 78.6 cm³/mol. The molecule has 1 aromatic rings. The third-order valence-electron chi connectivity index (χ3n) is 3.63. The van der Waals surface area contributed by atoms with E-state index in [2.05, 4.69) is 15.3 Å². The van der Waals surface area contributed by atoms with Gasteiger partial charge in [0.25, 0.3) is 5.56 Å². The summed E-state index contributed by atoms with van der Waals surface area (Å²) in [6.07, 6.45) is 6.09. The van der Waals surface area contributed by atoms with Crippen molar-refractivity contribution in [1.82, 2.24) is 9.97 Å². The van der Waals surface area contributed by atoms with Gasteiger partial charge in [0.05, 0.1) is 6.33 Å². The van der Waals surface area contributed by atoms with Gasteiger partial charge in [0.1, 0.15) is 9.39 Å². The van der Waals surface area contributed by atoms with E-state index in [4.69, 9.17) is 0 Å². The molecule has 100 valence electrons. The van der Waals surface area contributed by atoms with Gasteiger partial charge in [0.2, 0.25) is 0 Å². The van der Waals surface area contributed by atoms with Gasteiger partial charge >= 0.3 is 0 Å². The van der Waals surface area contributed by atoms with Crippen LogP contribution in [0.5, 0.6) is 0 Å². The number of halogens is 1. The summed E-state index contributed by atoms with van der Waals surface area (Å²) in [5.74, 6) is 1.49. The SMILES string of the molecule is O=c1[nH]cnc(NCC2CCCCC2CO)c1I. The topological polar surface area (TPSA) is 78.0 Å². The standard InChI is InChI=1S/C12H18IN3O2/c13-10-11(15-7-16-12(10)18)14-5-8-3-1-2-4-9(8)6-17/h7-9,17H,1-6H2,(H2,14,15,16,18). The largest absolute Gasteiger partial charge is 0.396 e. The fraction of sp³-hybridized carbons (Fsp3) is 0.667. The fourth-order valence-corrected chi connectivity index (χ4v) is 3.01. The molecule has 2 unspecified atom stereocenters. The first-order valence-corrected chi connectivity index (χ1v) is 7.38. The van der Waals surface area contributed by atoms with Gasteiger partial charge < -0.3 is 15.4 Å². The van der Waals surface area contributed by atoms with Crippen LogP contribution in [0.15, 0.2) is 11.1 Å². The number of aromatic nitrogens is 2. The molecule has 1 saturated carbocycles. The van der Waals surface area contributed by atoms with Crippen molar-refractivity contribution < 1.29 is 5.11 Å². The van der Waals surface area contributed by atoms with Crippen LogP contribution < -0.4 is 10.9 Å². The molecule has 0 saturated heterocycles. The van der Waals surface area contributed by atoms with Crippen LogP contribution in [0.2, 0.25) is 0 Å². The summed E-state index contributed by atoms with van der Waals surface area (Å²) in [4.78, 5) is 18.1. The molecule has 1 aromatic heterocycles. The van der Waals surface area contributed by atoms with Gasteiger partial charge in [0, 0.05) is 13.2 Å². The van der Waals surface area contributed by atoms with Gasteiger partial charge in [-0.05, 0) is 47.3 Å². The Hall–Kier alpha value is -0.630. The van der Waals surface area contributed by atoms with E-state index in [1.165, 1.54) is 19.2 Å². The monoisotopic (exact) mass is 363 g/mol. The highest BCUT2D eigenvalue weighted by atomic mass is 127. The Labute approximate surface area is 120 Å². The number of aromatic amines is 1. The van der Waals surface area contributed by atoms with Crippen molar-refractivity contribution in [3.05, 3.63) is 20.3 Å². The summed E-state index contributed by atoms with van der Waals surface area (Å²) in [5, 5.41) is 12.6. The number of nitrogens with zero attached hydrogens (tertiary/aromatic N) is 1. The number of hydrogen-bond acceptors (Lipinski definition) is 4. The molecular weight excluding hydrogens is 345 g/mol. The number of rotatable bonds is 4. The molecule has 18 heavy (non-hydrogen) atoms. The van der Waals surface area contributed by atoms with Crippen LogP contribution in [0.4, 0.5) is 5.82 Å². The summed E-state index contributed by atoms with van der Waals surface area (Å²) in [5.41, 5.74) is -0.115. The van der Waals surface area contributed by atoms with Crippen LogP contribution in [0.25, 0.3) is 0 Å². The first-order valence-electron chi connectivity index (χ1n) is 6.30. The minimum atomic E-state index is -0.115. The summed E-state index contributed by atoms with van der Waals surface area (Å²) >= 11 is 2.00. The summed E-state index contributed by atoms with van der Waals surface area (Å²) in [6.45, 7) is 1.03. The maximum Gasteiger partial charge on any atom is 0.266 e. The van der Waals surface area contributed by atoms with E-state index in [1.807, 2.05) is 22.6 Å². The zero-order valence-corrected chi connectivity index (χ0v) is 12.3. The van der Waals surface area contributed by atoms with E-state index in [0.29, 0.717) is 21.2 Å². The second-order valence-electron chi connectivity index (χ2n) is 4.76. The maximum atomic E-state index is 11.4. The molecule has 2 atom stereocenters. The molecule has 1 aliphatic rings. The Balaban J connectivity index is 1.98. The van der Waals surface area contributed by atoms with Crippen molar-refractivity contribution in [2.45, 2.75) is 25.7 Å². The third-order valence-corrected chi connectivity index (χ3v) is 4.63. The third kappa shape index (κ3) is 3.23. The lowest BCUT2D eigenvalue weighted by molar-refractivity contribution is 0.141. The van der Waals surface area contributed by atoms with E-state index >= 15 is 0 Å². The molecule has 0 radical (unpaired) electrons. The Morgan fingerprint density at radius 1 is 1.44 bits per heavy atom. The predicted octanol–water partition coefficient (Wildman–Crippen LogP) is 1.59. The van der Waals surface area contributed by atoms with Crippen LogP contribution in [0.3, 0.4) is 0 Å². The first kappa shape index (κ1) is 13.8. The lowest BCUT2D eigenvalue weighted by atomic mass is 9.79. The molecule has 1 aliphatic carbocycles. The molecule has 6 heteroatoms. The van der Waals surface area contributed by atoms with Crippen molar-refractivity contribution in [2.75, 3.05) is 18.5 Å². The summed E-state index contributed by atoms with van der Waals surface area (Å²) < 4.78 is 0.589. The van der Waals surface area contributed by atoms with Crippen molar-refractivity contribution >= 4 is 28.4 Å². The van der Waals surface area contributed by atoms with E-state index in [-0.39, 0.29) is 12.2 Å². The van der Waals surface area contributed by atoms with Crippen LogP contribution in [0.1, 0.15) is 25.7 Å². The lowest BCUT2D eigenvalue weighted by Gasteiger charge is -2.30. The minimum absolute atomic E-state index is 0.115. The molecule has 2 rings (SSSR count). The summed E-state index contributed by atoms with van der Waals surface area (Å²) in [7, 11) is 0. The number of hydrogen-bond donors (Lipinski definition) is 3. The smallest absolute Gasteiger partial charge is 0.266 e. The molecule has 3 N–H and O–H groups in total. The van der Waals surface area contributed by atoms with Crippen LogP contribution >= 0.6 is 22.6 Å². The number of anilines is 1. The quantitative estimate of drug-likeness (QED) is 0.710. The number of nitrogens with one attached hydrogen (secondary N) is 2. The van der Waals surface area contributed by atoms with Crippen LogP contribution in [-0.2, 0) is 0 Å². The van der Waals surface area contributed by atoms with Gasteiger partial charge in [-0.3, -0.25) is 4.79 Å². The molecule has 0 aromatic carbocycles. The van der Waals surface area contributed by atoms with Gasteiger partial charge in [0.15, 0.2) is 0 Å². The highest BCUT2D eigenvalue weighted by Crippen LogP contribution is 2.29. The van der Waals surface area contributed by atoms with Crippen LogP contribution in [-0.4, -0.2) is 28.2 Å². The molecule has 0 aliphatic heterocycles. The molecule has 0 spiro atoms. The zero-order valence-electron chi connectivity index (χ0n) is 10.2. The second kappa shape index (κ2) is 6.51. The molecule has 0 bridgehead atoms. The molecule has 5 nitrogen and oxygen atoms in total. The highest BCUT2D eigenvalue weighted by molar-refractivity contribution is 14.1. The van der Waals surface area contributed by atoms with Crippen molar-refractivity contribution in [3.8, 4) is 0 Å². The maximum absolute atomic E-state index is 11.4. The van der Waals surface area contributed by atoms with Gasteiger partial charge in [-0.2, -0.15) is 0 Å². The number of aliphatic hydroxyl groups excluding tert-OH is 1. The lowest BCUT2D eigenvalue weighted by Crippen LogP contribution is -2.29. The Bertz CT molecular complexity index is 449. The van der Waals surface area contributed by atoms with Crippen molar-refractivity contribution in [3.63, 3.8) is 0 Å². The van der Waals surface area contributed by atoms with Gasteiger partial charge in [-0.25, -0.2) is 4.98 Å². The molecule has 0 amide bonds. The average Bonchev–Trinajstić information content (AvgIpc) is 2.41. The minimum Gasteiger partial charge on any atom is -0.396 e. The first-order chi connectivity index (χ1) is 8.72. The Morgan fingerprint density at radius 3 is 2.89 bits per heavy atom. The normalized spacial score (nSPS) is 23.9.